The summed E-state index contributed by atoms with van der Waals surface area (Å²) in [6.45, 7) is 0. The molecule has 1 aliphatic rings. The van der Waals surface area contributed by atoms with E-state index in [1.807, 2.05) is 18.2 Å². The van der Waals surface area contributed by atoms with E-state index in [1.165, 1.54) is 30.8 Å². The van der Waals surface area contributed by atoms with Crippen LogP contribution in [0.1, 0.15) is 43.6 Å². The Kier molecular flexibility index (Phi) is 3.32. The number of rotatable bonds is 2. The fourth-order valence-corrected chi connectivity index (χ4v) is 4.76. The minimum absolute atomic E-state index is 0.0497. The molecule has 2 N–H and O–H groups in total. The van der Waals surface area contributed by atoms with Gasteiger partial charge in [0.1, 0.15) is 0 Å². The summed E-state index contributed by atoms with van der Waals surface area (Å²) in [6, 6.07) is 5.92. The quantitative estimate of drug-likeness (QED) is 0.926. The topological polar surface area (TPSA) is 73.1 Å². The highest BCUT2D eigenvalue weighted by molar-refractivity contribution is 7.89. The second kappa shape index (κ2) is 4.85. The van der Waals surface area contributed by atoms with E-state index in [4.69, 9.17) is 5.14 Å². The van der Waals surface area contributed by atoms with Crippen LogP contribution in [0.5, 0.6) is 0 Å². The lowest BCUT2D eigenvalue weighted by Crippen LogP contribution is -2.14. The van der Waals surface area contributed by atoms with Crippen molar-refractivity contribution in [2.75, 3.05) is 0 Å². The first-order valence-corrected chi connectivity index (χ1v) is 8.80. The number of benzene rings is 1. The number of fused-ring (bicyclic) bond motifs is 1. The van der Waals surface area contributed by atoms with Gasteiger partial charge in [-0.05, 0) is 41.9 Å². The van der Waals surface area contributed by atoms with Crippen LogP contribution in [-0.2, 0) is 10.0 Å². The third kappa shape index (κ3) is 2.40. The van der Waals surface area contributed by atoms with Crippen molar-refractivity contribution in [1.29, 1.82) is 0 Å². The Labute approximate surface area is 116 Å². The van der Waals surface area contributed by atoms with Crippen LogP contribution in [0.15, 0.2) is 23.2 Å². The lowest BCUT2D eigenvalue weighted by Gasteiger charge is -2.22. The van der Waals surface area contributed by atoms with Crippen LogP contribution in [0.2, 0.25) is 0 Å². The zero-order valence-electron chi connectivity index (χ0n) is 10.5. The molecule has 1 aromatic heterocycles. The highest BCUT2D eigenvalue weighted by atomic mass is 32.2. The van der Waals surface area contributed by atoms with E-state index >= 15 is 0 Å². The smallest absolute Gasteiger partial charge is 0.223 e. The van der Waals surface area contributed by atoms with Gasteiger partial charge in [0.05, 0.1) is 4.70 Å². The monoisotopic (exact) mass is 296 g/mol. The van der Waals surface area contributed by atoms with Gasteiger partial charge in [0.15, 0.2) is 5.03 Å². The predicted molar refractivity (Wildman–Crippen MR) is 76.8 cm³/mol. The van der Waals surface area contributed by atoms with Gasteiger partial charge in [-0.3, -0.25) is 0 Å². The molecule has 0 saturated heterocycles. The highest BCUT2D eigenvalue weighted by Gasteiger charge is 2.24. The van der Waals surface area contributed by atoms with Crippen molar-refractivity contribution in [1.82, 2.24) is 4.37 Å². The van der Waals surface area contributed by atoms with E-state index in [0.29, 0.717) is 5.92 Å². The summed E-state index contributed by atoms with van der Waals surface area (Å²) >= 11 is 1.21. The van der Waals surface area contributed by atoms with Crippen LogP contribution < -0.4 is 5.14 Å². The average molecular weight is 296 g/mol. The molecule has 1 saturated carbocycles. The molecule has 19 heavy (non-hydrogen) atoms. The molecule has 0 radical (unpaired) electrons. The summed E-state index contributed by atoms with van der Waals surface area (Å²) in [4.78, 5) is 0. The second-order valence-electron chi connectivity index (χ2n) is 5.09. The maximum absolute atomic E-state index is 11.7. The number of aromatic nitrogens is 1. The van der Waals surface area contributed by atoms with Crippen LogP contribution in [0.3, 0.4) is 0 Å². The number of nitrogens with two attached hydrogens (primary N) is 1. The molecule has 1 aliphatic carbocycles. The molecule has 1 fully saturated rings. The minimum Gasteiger partial charge on any atom is -0.223 e. The predicted octanol–water partition coefficient (Wildman–Crippen LogP) is 2.99. The lowest BCUT2D eigenvalue weighted by atomic mass is 9.83. The van der Waals surface area contributed by atoms with Gasteiger partial charge < -0.3 is 0 Å². The van der Waals surface area contributed by atoms with Gasteiger partial charge in [0.25, 0.3) is 10.0 Å². The van der Waals surface area contributed by atoms with Gasteiger partial charge in [0, 0.05) is 5.39 Å². The Morgan fingerprint density at radius 3 is 2.63 bits per heavy atom. The maximum Gasteiger partial charge on any atom is 0.257 e. The molecule has 1 heterocycles. The van der Waals surface area contributed by atoms with E-state index in [9.17, 15) is 8.42 Å². The van der Waals surface area contributed by atoms with Crippen LogP contribution in [0.4, 0.5) is 0 Å². The molecule has 0 bridgehead atoms. The highest BCUT2D eigenvalue weighted by Crippen LogP contribution is 2.39. The van der Waals surface area contributed by atoms with Crippen LogP contribution in [0, 0.1) is 0 Å². The summed E-state index contributed by atoms with van der Waals surface area (Å²) in [6.07, 6.45) is 5.95. The molecular weight excluding hydrogens is 280 g/mol. The van der Waals surface area contributed by atoms with Crippen molar-refractivity contribution in [3.63, 3.8) is 0 Å². The summed E-state index contributed by atoms with van der Waals surface area (Å²) in [5.41, 5.74) is 1.11. The third-order valence-electron chi connectivity index (χ3n) is 3.81. The molecule has 0 amide bonds. The van der Waals surface area contributed by atoms with Crippen LogP contribution >= 0.6 is 11.5 Å². The van der Waals surface area contributed by atoms with Crippen molar-refractivity contribution < 1.29 is 8.42 Å². The molecule has 2 aromatic rings. The molecular formula is C13H16N2O2S2. The molecule has 0 atom stereocenters. The summed E-state index contributed by atoms with van der Waals surface area (Å²) in [5.74, 6) is 0.439. The number of hydrogen-bond donors (Lipinski definition) is 1. The van der Waals surface area contributed by atoms with E-state index in [1.54, 1.807) is 0 Å². The minimum atomic E-state index is -3.75. The molecule has 0 aliphatic heterocycles. The van der Waals surface area contributed by atoms with E-state index in [-0.39, 0.29) is 5.03 Å². The van der Waals surface area contributed by atoms with Gasteiger partial charge in [-0.25, -0.2) is 13.6 Å². The van der Waals surface area contributed by atoms with Crippen molar-refractivity contribution in [3.8, 4) is 0 Å². The number of hydrogen-bond acceptors (Lipinski definition) is 4. The Balaban J connectivity index is 2.21. The van der Waals surface area contributed by atoms with Crippen molar-refractivity contribution in [2.24, 2.45) is 5.14 Å². The standard InChI is InChI=1S/C13H16N2O2S2/c14-19(16,17)13-12-10(9-5-2-1-3-6-9)7-4-8-11(12)18-15-13/h4,7-9H,1-3,5-6H2,(H2,14,16,17). The zero-order valence-corrected chi connectivity index (χ0v) is 12.1. The van der Waals surface area contributed by atoms with Crippen LogP contribution in [0.25, 0.3) is 10.1 Å². The first kappa shape index (κ1) is 13.0. The van der Waals surface area contributed by atoms with Crippen molar-refractivity contribution in [3.05, 3.63) is 23.8 Å². The number of nitrogens with zero attached hydrogens (tertiary/aromatic N) is 1. The summed E-state index contributed by atoms with van der Waals surface area (Å²) in [5, 5.41) is 6.08. The molecule has 6 heteroatoms. The Morgan fingerprint density at radius 2 is 1.95 bits per heavy atom. The van der Waals surface area contributed by atoms with Crippen molar-refractivity contribution in [2.45, 2.75) is 43.0 Å². The fourth-order valence-electron chi connectivity index (χ4n) is 2.94. The molecule has 1 aromatic carbocycles. The Bertz CT molecular complexity index is 701. The fraction of sp³-hybridized carbons (Fsp3) is 0.462. The van der Waals surface area contributed by atoms with E-state index in [0.717, 1.165) is 28.5 Å². The zero-order chi connectivity index (χ0) is 13.5. The number of sulfonamides is 1. The van der Waals surface area contributed by atoms with Gasteiger partial charge in [0.2, 0.25) is 0 Å². The van der Waals surface area contributed by atoms with Gasteiger partial charge in [-0.2, -0.15) is 4.37 Å². The molecule has 102 valence electrons. The normalized spacial score (nSPS) is 17.9. The molecule has 3 rings (SSSR count). The third-order valence-corrected chi connectivity index (χ3v) is 5.57. The molecule has 4 nitrogen and oxygen atoms in total. The molecule has 0 unspecified atom stereocenters. The Hall–Kier alpha value is -0.980. The van der Waals surface area contributed by atoms with Gasteiger partial charge in [-0.1, -0.05) is 31.4 Å². The molecule has 0 spiro atoms. The van der Waals surface area contributed by atoms with E-state index in [2.05, 4.69) is 4.37 Å². The SMILES string of the molecule is NS(=O)(=O)c1nsc2cccc(C3CCCCC3)c12. The maximum atomic E-state index is 11.7. The van der Waals surface area contributed by atoms with E-state index < -0.39 is 10.0 Å². The first-order valence-electron chi connectivity index (χ1n) is 6.48. The Morgan fingerprint density at radius 1 is 1.21 bits per heavy atom. The average Bonchev–Trinajstić information content (AvgIpc) is 2.83. The van der Waals surface area contributed by atoms with Gasteiger partial charge in [-0.15, -0.1) is 0 Å². The summed E-state index contributed by atoms with van der Waals surface area (Å²) < 4.78 is 28.3. The number of primary sulfonamides is 1. The largest absolute Gasteiger partial charge is 0.257 e. The first-order chi connectivity index (χ1) is 9.07. The lowest BCUT2D eigenvalue weighted by molar-refractivity contribution is 0.445. The summed E-state index contributed by atoms with van der Waals surface area (Å²) in [7, 11) is -3.75. The second-order valence-corrected chi connectivity index (χ2v) is 7.37. The van der Waals surface area contributed by atoms with Crippen LogP contribution in [-0.4, -0.2) is 12.8 Å². The van der Waals surface area contributed by atoms with Crippen molar-refractivity contribution >= 4 is 31.6 Å². The van der Waals surface area contributed by atoms with Gasteiger partial charge >= 0.3 is 0 Å².